The van der Waals surface area contributed by atoms with Crippen LogP contribution in [0.1, 0.15) is 37.0 Å². The molecule has 0 aliphatic carbocycles. The van der Waals surface area contributed by atoms with Gasteiger partial charge in [0, 0.05) is 37.2 Å². The van der Waals surface area contributed by atoms with Crippen molar-refractivity contribution >= 4 is 24.2 Å². The molecule has 0 radical (unpaired) electrons. The van der Waals surface area contributed by atoms with E-state index in [1.807, 2.05) is 35.2 Å². The molecule has 0 spiro atoms. The van der Waals surface area contributed by atoms with Gasteiger partial charge in [-0.3, -0.25) is 9.59 Å². The van der Waals surface area contributed by atoms with E-state index in [2.05, 4.69) is 24.5 Å². The third kappa shape index (κ3) is 5.80. The summed E-state index contributed by atoms with van der Waals surface area (Å²) in [6.07, 6.45) is 1.47. The average Bonchev–Trinajstić information content (AvgIpc) is 2.60. The van der Waals surface area contributed by atoms with Gasteiger partial charge in [0.05, 0.1) is 0 Å². The first-order valence-corrected chi connectivity index (χ1v) is 8.47. The standard InChI is InChI=1S/C18H27N3O2.ClH/c1-3-19-14(2)13-20-17(22)15-9-11-21(12-10-15)18(23)16-7-5-4-6-8-16;/h4-8,14-15,19H,3,9-13H2,1-2H3,(H,20,22);1H/t14-;/m1./s1. The summed E-state index contributed by atoms with van der Waals surface area (Å²) < 4.78 is 0. The average molecular weight is 354 g/mol. The quantitative estimate of drug-likeness (QED) is 0.823. The van der Waals surface area contributed by atoms with Gasteiger partial charge in [0.25, 0.3) is 5.91 Å². The summed E-state index contributed by atoms with van der Waals surface area (Å²) in [6.45, 7) is 6.96. The van der Waals surface area contributed by atoms with Crippen molar-refractivity contribution < 1.29 is 9.59 Å². The molecule has 0 bridgehead atoms. The van der Waals surface area contributed by atoms with E-state index in [-0.39, 0.29) is 36.2 Å². The number of nitrogens with zero attached hydrogens (tertiary/aromatic N) is 1. The number of nitrogens with one attached hydrogen (secondary N) is 2. The number of rotatable bonds is 6. The Morgan fingerprint density at radius 1 is 1.21 bits per heavy atom. The molecule has 0 unspecified atom stereocenters. The van der Waals surface area contributed by atoms with Gasteiger partial charge in [-0.05, 0) is 38.4 Å². The Morgan fingerprint density at radius 2 is 1.83 bits per heavy atom. The largest absolute Gasteiger partial charge is 0.354 e. The van der Waals surface area contributed by atoms with E-state index in [0.29, 0.717) is 19.6 Å². The van der Waals surface area contributed by atoms with E-state index in [1.54, 1.807) is 0 Å². The number of hydrogen-bond acceptors (Lipinski definition) is 3. The van der Waals surface area contributed by atoms with E-state index >= 15 is 0 Å². The van der Waals surface area contributed by atoms with Crippen molar-refractivity contribution in [2.45, 2.75) is 32.7 Å². The topological polar surface area (TPSA) is 61.4 Å². The molecule has 1 atom stereocenters. The highest BCUT2D eigenvalue weighted by Crippen LogP contribution is 2.19. The van der Waals surface area contributed by atoms with E-state index in [1.165, 1.54) is 0 Å². The molecule has 1 aliphatic rings. The van der Waals surface area contributed by atoms with Gasteiger partial charge in [-0.2, -0.15) is 0 Å². The highest BCUT2D eigenvalue weighted by molar-refractivity contribution is 5.94. The fraction of sp³-hybridized carbons (Fsp3) is 0.556. The van der Waals surface area contributed by atoms with Crippen molar-refractivity contribution in [3.63, 3.8) is 0 Å². The van der Waals surface area contributed by atoms with Crippen molar-refractivity contribution in [3.8, 4) is 0 Å². The van der Waals surface area contributed by atoms with Gasteiger partial charge in [0.15, 0.2) is 0 Å². The third-order valence-corrected chi connectivity index (χ3v) is 4.31. The van der Waals surface area contributed by atoms with Gasteiger partial charge in [0.2, 0.25) is 5.91 Å². The van der Waals surface area contributed by atoms with E-state index in [9.17, 15) is 9.59 Å². The first kappa shape index (κ1) is 20.5. The molecule has 0 aromatic heterocycles. The number of benzene rings is 1. The van der Waals surface area contributed by atoms with Crippen molar-refractivity contribution in [1.29, 1.82) is 0 Å². The second-order valence-corrected chi connectivity index (χ2v) is 6.14. The fourth-order valence-corrected chi connectivity index (χ4v) is 2.93. The number of likely N-dealkylation sites (tertiary alicyclic amines) is 1. The second-order valence-electron chi connectivity index (χ2n) is 6.14. The minimum atomic E-state index is 0. The summed E-state index contributed by atoms with van der Waals surface area (Å²) in [4.78, 5) is 26.4. The maximum Gasteiger partial charge on any atom is 0.253 e. The molecular formula is C18H28ClN3O2. The van der Waals surface area contributed by atoms with Gasteiger partial charge in [0.1, 0.15) is 0 Å². The summed E-state index contributed by atoms with van der Waals surface area (Å²) in [5.41, 5.74) is 0.717. The van der Waals surface area contributed by atoms with Crippen LogP contribution in [-0.4, -0.2) is 48.9 Å². The highest BCUT2D eigenvalue weighted by Gasteiger charge is 2.27. The smallest absolute Gasteiger partial charge is 0.253 e. The Balaban J connectivity index is 0.00000288. The Hall–Kier alpha value is -1.59. The predicted molar refractivity (Wildman–Crippen MR) is 98.5 cm³/mol. The number of carbonyl (C=O) groups excluding carboxylic acids is 2. The lowest BCUT2D eigenvalue weighted by Gasteiger charge is -2.31. The number of hydrogen-bond donors (Lipinski definition) is 2. The third-order valence-electron chi connectivity index (χ3n) is 4.31. The molecule has 24 heavy (non-hydrogen) atoms. The van der Waals surface area contributed by atoms with Crippen LogP contribution in [0, 0.1) is 5.92 Å². The van der Waals surface area contributed by atoms with Crippen LogP contribution in [0.15, 0.2) is 30.3 Å². The minimum Gasteiger partial charge on any atom is -0.354 e. The highest BCUT2D eigenvalue weighted by atomic mass is 35.5. The summed E-state index contributed by atoms with van der Waals surface area (Å²) in [7, 11) is 0. The van der Waals surface area contributed by atoms with Crippen LogP contribution < -0.4 is 10.6 Å². The van der Waals surface area contributed by atoms with Gasteiger partial charge in [-0.15, -0.1) is 12.4 Å². The SMILES string of the molecule is CCN[C@H](C)CNC(=O)C1CCN(C(=O)c2ccccc2)CC1.Cl. The fourth-order valence-electron chi connectivity index (χ4n) is 2.93. The van der Waals surface area contributed by atoms with Crippen molar-refractivity contribution in [1.82, 2.24) is 15.5 Å². The van der Waals surface area contributed by atoms with Crippen molar-refractivity contribution in [2.75, 3.05) is 26.2 Å². The molecule has 1 heterocycles. The Morgan fingerprint density at radius 3 is 2.42 bits per heavy atom. The van der Waals surface area contributed by atoms with Crippen molar-refractivity contribution in [3.05, 3.63) is 35.9 Å². The van der Waals surface area contributed by atoms with E-state index in [0.717, 1.165) is 24.9 Å². The molecule has 0 saturated carbocycles. The molecule has 1 fully saturated rings. The number of likely N-dealkylation sites (N-methyl/N-ethyl adjacent to an activating group) is 1. The number of halogens is 1. The van der Waals surface area contributed by atoms with Crippen molar-refractivity contribution in [2.24, 2.45) is 5.92 Å². The van der Waals surface area contributed by atoms with E-state index in [4.69, 9.17) is 0 Å². The minimum absolute atomic E-state index is 0. The first-order valence-electron chi connectivity index (χ1n) is 8.47. The molecule has 1 saturated heterocycles. The Bertz CT molecular complexity index is 516. The molecule has 6 heteroatoms. The molecule has 2 amide bonds. The van der Waals surface area contributed by atoms with Crippen LogP contribution in [0.5, 0.6) is 0 Å². The lowest BCUT2D eigenvalue weighted by Crippen LogP contribution is -2.45. The maximum absolute atomic E-state index is 12.4. The molecule has 5 nitrogen and oxygen atoms in total. The summed E-state index contributed by atoms with van der Waals surface area (Å²) in [5.74, 6) is 0.190. The zero-order valence-electron chi connectivity index (χ0n) is 14.5. The molecule has 134 valence electrons. The van der Waals surface area contributed by atoms with Gasteiger partial charge in [-0.25, -0.2) is 0 Å². The monoisotopic (exact) mass is 353 g/mol. The summed E-state index contributed by atoms with van der Waals surface area (Å²) in [5, 5.41) is 6.28. The second kappa shape index (κ2) is 10.3. The van der Waals surface area contributed by atoms with Gasteiger partial charge >= 0.3 is 0 Å². The molecule has 2 N–H and O–H groups in total. The molecule has 1 aliphatic heterocycles. The summed E-state index contributed by atoms with van der Waals surface area (Å²) in [6, 6.07) is 9.61. The molecule has 2 rings (SSSR count). The molecule has 1 aromatic rings. The number of piperidine rings is 1. The van der Waals surface area contributed by atoms with Crippen LogP contribution in [0.4, 0.5) is 0 Å². The van der Waals surface area contributed by atoms with Crippen LogP contribution in [0.3, 0.4) is 0 Å². The zero-order chi connectivity index (χ0) is 16.7. The van der Waals surface area contributed by atoms with Crippen LogP contribution >= 0.6 is 12.4 Å². The van der Waals surface area contributed by atoms with Crippen LogP contribution in [0.2, 0.25) is 0 Å². The van der Waals surface area contributed by atoms with E-state index < -0.39 is 0 Å². The summed E-state index contributed by atoms with van der Waals surface area (Å²) >= 11 is 0. The first-order chi connectivity index (χ1) is 11.1. The predicted octanol–water partition coefficient (Wildman–Crippen LogP) is 2.07. The Labute approximate surface area is 150 Å². The normalized spacial score (nSPS) is 16.2. The lowest BCUT2D eigenvalue weighted by atomic mass is 9.95. The Kier molecular flexibility index (Phi) is 8.79. The number of carbonyl (C=O) groups is 2. The van der Waals surface area contributed by atoms with Crippen LogP contribution in [-0.2, 0) is 4.79 Å². The zero-order valence-corrected chi connectivity index (χ0v) is 15.3. The van der Waals surface area contributed by atoms with Gasteiger partial charge in [-0.1, -0.05) is 25.1 Å². The molecular weight excluding hydrogens is 326 g/mol. The number of amides is 2. The van der Waals surface area contributed by atoms with Gasteiger partial charge < -0.3 is 15.5 Å². The maximum atomic E-state index is 12.4. The van der Waals surface area contributed by atoms with Crippen LogP contribution in [0.25, 0.3) is 0 Å². The molecule has 1 aromatic carbocycles. The lowest BCUT2D eigenvalue weighted by molar-refractivity contribution is -0.126.